The molecule has 0 bridgehead atoms. The van der Waals surface area contributed by atoms with Crippen LogP contribution in [0.3, 0.4) is 0 Å². The molecule has 0 spiro atoms. The minimum atomic E-state index is -3.53. The van der Waals surface area contributed by atoms with Crippen LogP contribution < -0.4 is 4.72 Å². The second kappa shape index (κ2) is 5.00. The molecule has 0 aliphatic rings. The average Bonchev–Trinajstić information content (AvgIpc) is 2.85. The van der Waals surface area contributed by atoms with Gasteiger partial charge in [0.15, 0.2) is 0 Å². The molecule has 0 atom stereocenters. The normalized spacial score (nSPS) is 11.9. The molecule has 0 radical (unpaired) electrons. The zero-order valence-electron chi connectivity index (χ0n) is 9.73. The number of halogens is 1. The van der Waals surface area contributed by atoms with Crippen LogP contribution in [0.1, 0.15) is 17.0 Å². The first-order chi connectivity index (χ1) is 8.40. The smallest absolute Gasteiger partial charge is 0.250 e. The molecule has 2 heterocycles. The van der Waals surface area contributed by atoms with E-state index in [9.17, 15) is 8.42 Å². The summed E-state index contributed by atoms with van der Waals surface area (Å²) in [5.41, 5.74) is 1.43. The SMILES string of the molecule is Cc1noc(C)c1CNS(=O)(=O)c1ccc(Cl)s1. The molecule has 0 fully saturated rings. The van der Waals surface area contributed by atoms with Crippen LogP contribution in [0.15, 0.2) is 20.9 Å². The van der Waals surface area contributed by atoms with Crippen LogP contribution in [-0.4, -0.2) is 13.6 Å². The third-order valence-corrected chi connectivity index (χ3v) is 5.56. The standard InChI is InChI=1S/C10H11ClN2O3S2/c1-6-8(7(2)16-13-6)5-12-18(14,15)10-4-3-9(11)17-10/h3-4,12H,5H2,1-2H3. The van der Waals surface area contributed by atoms with Gasteiger partial charge in [0, 0.05) is 12.1 Å². The van der Waals surface area contributed by atoms with E-state index in [1.165, 1.54) is 6.07 Å². The van der Waals surface area contributed by atoms with Gasteiger partial charge in [-0.1, -0.05) is 16.8 Å². The number of aryl methyl sites for hydroxylation is 2. The maximum absolute atomic E-state index is 12.0. The highest BCUT2D eigenvalue weighted by molar-refractivity contribution is 7.91. The van der Waals surface area contributed by atoms with Crippen molar-refractivity contribution in [3.63, 3.8) is 0 Å². The lowest BCUT2D eigenvalue weighted by molar-refractivity contribution is 0.392. The Bertz CT molecular complexity index is 641. The van der Waals surface area contributed by atoms with Gasteiger partial charge in [-0.3, -0.25) is 0 Å². The topological polar surface area (TPSA) is 72.2 Å². The van der Waals surface area contributed by atoms with Gasteiger partial charge in [-0.15, -0.1) is 11.3 Å². The maximum atomic E-state index is 12.0. The zero-order valence-corrected chi connectivity index (χ0v) is 12.1. The first-order valence-corrected chi connectivity index (χ1v) is 7.74. The molecule has 0 aliphatic heterocycles. The summed E-state index contributed by atoms with van der Waals surface area (Å²) in [5.74, 6) is 0.611. The molecule has 0 aliphatic carbocycles. The molecular weight excluding hydrogens is 296 g/mol. The van der Waals surface area contributed by atoms with Crippen LogP contribution in [-0.2, 0) is 16.6 Å². The fourth-order valence-electron chi connectivity index (χ4n) is 1.43. The summed E-state index contributed by atoms with van der Waals surface area (Å²) < 4.78 is 32.0. The summed E-state index contributed by atoms with van der Waals surface area (Å²) in [4.78, 5) is 0. The molecule has 0 saturated heterocycles. The molecule has 0 unspecified atom stereocenters. The second-order valence-electron chi connectivity index (χ2n) is 3.69. The van der Waals surface area contributed by atoms with Crippen molar-refractivity contribution in [2.24, 2.45) is 0 Å². The highest BCUT2D eigenvalue weighted by Crippen LogP contribution is 2.25. The molecular formula is C10H11ClN2O3S2. The van der Waals surface area contributed by atoms with Gasteiger partial charge in [-0.25, -0.2) is 13.1 Å². The van der Waals surface area contributed by atoms with Gasteiger partial charge >= 0.3 is 0 Å². The number of nitrogens with zero attached hydrogens (tertiary/aromatic N) is 1. The number of aromatic nitrogens is 1. The number of thiophene rings is 1. The Morgan fingerprint density at radius 2 is 2.17 bits per heavy atom. The van der Waals surface area contributed by atoms with Crippen molar-refractivity contribution in [3.05, 3.63) is 33.5 Å². The Morgan fingerprint density at radius 1 is 1.44 bits per heavy atom. The Kier molecular flexibility index (Phi) is 3.76. The van der Waals surface area contributed by atoms with E-state index < -0.39 is 10.0 Å². The number of nitrogens with one attached hydrogen (secondary N) is 1. The lowest BCUT2D eigenvalue weighted by Gasteiger charge is -2.03. The van der Waals surface area contributed by atoms with E-state index in [4.69, 9.17) is 16.1 Å². The predicted octanol–water partition coefficient (Wildman–Crippen LogP) is 2.48. The van der Waals surface area contributed by atoms with Gasteiger partial charge in [0.1, 0.15) is 9.97 Å². The monoisotopic (exact) mass is 306 g/mol. The van der Waals surface area contributed by atoms with Crippen molar-refractivity contribution in [1.29, 1.82) is 0 Å². The number of rotatable bonds is 4. The van der Waals surface area contributed by atoms with Gasteiger partial charge in [0.05, 0.1) is 10.0 Å². The summed E-state index contributed by atoms with van der Waals surface area (Å²) in [5, 5.41) is 3.77. The van der Waals surface area contributed by atoms with Crippen molar-refractivity contribution in [2.75, 3.05) is 0 Å². The van der Waals surface area contributed by atoms with Gasteiger partial charge in [0.2, 0.25) is 10.0 Å². The molecule has 5 nitrogen and oxygen atoms in total. The first kappa shape index (κ1) is 13.5. The van der Waals surface area contributed by atoms with Crippen LogP contribution >= 0.6 is 22.9 Å². The summed E-state index contributed by atoms with van der Waals surface area (Å²) in [6, 6.07) is 3.03. The largest absolute Gasteiger partial charge is 0.361 e. The lowest BCUT2D eigenvalue weighted by Crippen LogP contribution is -2.22. The van der Waals surface area contributed by atoms with Crippen molar-refractivity contribution in [2.45, 2.75) is 24.6 Å². The second-order valence-corrected chi connectivity index (χ2v) is 7.39. The van der Waals surface area contributed by atoms with Crippen molar-refractivity contribution >= 4 is 33.0 Å². The minimum absolute atomic E-state index is 0.152. The average molecular weight is 307 g/mol. The highest BCUT2D eigenvalue weighted by Gasteiger charge is 2.18. The fraction of sp³-hybridized carbons (Fsp3) is 0.300. The molecule has 2 aromatic heterocycles. The molecule has 2 aromatic rings. The van der Waals surface area contributed by atoms with E-state index in [1.807, 2.05) is 0 Å². The van der Waals surface area contributed by atoms with E-state index in [2.05, 4.69) is 9.88 Å². The van der Waals surface area contributed by atoms with E-state index in [0.29, 0.717) is 15.8 Å². The molecule has 0 saturated carbocycles. The van der Waals surface area contributed by atoms with Crippen LogP contribution in [0.2, 0.25) is 4.34 Å². The quantitative estimate of drug-likeness (QED) is 0.942. The van der Waals surface area contributed by atoms with Gasteiger partial charge in [0.25, 0.3) is 0 Å². The van der Waals surface area contributed by atoms with Gasteiger partial charge in [-0.2, -0.15) is 0 Å². The summed E-state index contributed by atoms with van der Waals surface area (Å²) in [6.07, 6.45) is 0. The molecule has 1 N–H and O–H groups in total. The fourth-order valence-corrected chi connectivity index (χ4v) is 3.96. The Hall–Kier alpha value is -0.890. The number of hydrogen-bond acceptors (Lipinski definition) is 5. The van der Waals surface area contributed by atoms with E-state index >= 15 is 0 Å². The van der Waals surface area contributed by atoms with Gasteiger partial charge < -0.3 is 4.52 Å². The highest BCUT2D eigenvalue weighted by atomic mass is 35.5. The first-order valence-electron chi connectivity index (χ1n) is 5.07. The van der Waals surface area contributed by atoms with E-state index in [-0.39, 0.29) is 10.8 Å². The third kappa shape index (κ3) is 2.74. The molecule has 0 aromatic carbocycles. The van der Waals surface area contributed by atoms with Crippen LogP contribution in [0.4, 0.5) is 0 Å². The predicted molar refractivity (Wildman–Crippen MR) is 69.3 cm³/mol. The summed E-state index contributed by atoms with van der Waals surface area (Å²) in [6.45, 7) is 3.66. The summed E-state index contributed by atoms with van der Waals surface area (Å²) in [7, 11) is -3.53. The van der Waals surface area contributed by atoms with Crippen LogP contribution in [0.25, 0.3) is 0 Å². The van der Waals surface area contributed by atoms with E-state index in [1.54, 1.807) is 19.9 Å². The van der Waals surface area contributed by atoms with Crippen molar-refractivity contribution < 1.29 is 12.9 Å². The Labute approximate surface area is 114 Å². The molecule has 8 heteroatoms. The summed E-state index contributed by atoms with van der Waals surface area (Å²) >= 11 is 6.73. The number of sulfonamides is 1. The lowest BCUT2D eigenvalue weighted by atomic mass is 10.2. The molecule has 0 amide bonds. The zero-order chi connectivity index (χ0) is 13.3. The molecule has 18 heavy (non-hydrogen) atoms. The molecule has 2 rings (SSSR count). The minimum Gasteiger partial charge on any atom is -0.361 e. The molecule has 98 valence electrons. The Balaban J connectivity index is 2.15. The van der Waals surface area contributed by atoms with Crippen LogP contribution in [0, 0.1) is 13.8 Å². The van der Waals surface area contributed by atoms with Crippen molar-refractivity contribution in [3.8, 4) is 0 Å². The van der Waals surface area contributed by atoms with Gasteiger partial charge in [-0.05, 0) is 26.0 Å². The maximum Gasteiger partial charge on any atom is 0.250 e. The Morgan fingerprint density at radius 3 is 2.67 bits per heavy atom. The van der Waals surface area contributed by atoms with E-state index in [0.717, 1.165) is 16.9 Å². The third-order valence-electron chi connectivity index (χ3n) is 2.43. The number of hydrogen-bond donors (Lipinski definition) is 1. The van der Waals surface area contributed by atoms with Crippen molar-refractivity contribution in [1.82, 2.24) is 9.88 Å². The van der Waals surface area contributed by atoms with Crippen LogP contribution in [0.5, 0.6) is 0 Å².